The number of fused-ring (bicyclic) bond motifs is 2. The molecule has 34 heteroatoms. The fourth-order valence-electron chi connectivity index (χ4n) is 8.25. The van der Waals surface area contributed by atoms with E-state index in [0.717, 1.165) is 22.9 Å². The van der Waals surface area contributed by atoms with Crippen molar-refractivity contribution < 1.29 is 99.6 Å². The lowest BCUT2D eigenvalue weighted by atomic mass is 9.89. The largest absolute Gasteiger partial charge is 0.503 e. The number of carbonyl (C=O) groups is 2. The molecule has 1 fully saturated rings. The third kappa shape index (κ3) is 13.5. The van der Waals surface area contributed by atoms with Crippen molar-refractivity contribution in [2.24, 2.45) is 5.92 Å². The van der Waals surface area contributed by atoms with Crippen molar-refractivity contribution in [1.82, 2.24) is 14.9 Å². The number of H-pyrrole nitrogens is 1. The standard InChI is InChI=1S/C46H43Cl2N4O25P3/c1-20(2)40(72-18-23-17-51(46(60)50-44(23)57)34-16-30(53)33(74-34)19-73-79(66,67)77-80(68,69)76-78(63,64)65)25-9-7-21(12-29(25)52(61)62)6-5-11-49-43(56)22-8-10-24(45(58)59)26(13-22)35-27-14-31(70-3)38(54)36(47)41(27)75-42-28(35)15-32(71-4)39(55)37(42)48/h7-10,12-15,17,20,30,33-34,40,53-54H,11,16,18-19H2,1-4H3,(H,49,56)(H,58,59)(H,66,67)(H,68,69)(H,50,57,60)(H2,63,64,65)/t30-,33+,34-,40?/m0/s1. The van der Waals surface area contributed by atoms with Crippen molar-refractivity contribution in [1.29, 1.82) is 0 Å². The number of hydrogen-bond donors (Lipinski definition) is 9. The minimum absolute atomic E-state index is 0.0411. The highest BCUT2D eigenvalue weighted by molar-refractivity contribution is 7.66. The van der Waals surface area contributed by atoms with E-state index in [4.69, 9.17) is 56.4 Å². The van der Waals surface area contributed by atoms with Gasteiger partial charge >= 0.3 is 35.1 Å². The molecule has 1 amide bonds. The number of halogens is 2. The molecule has 3 heterocycles. The maximum Gasteiger partial charge on any atom is 0.490 e. The number of phosphoric acid groups is 3. The van der Waals surface area contributed by atoms with Crippen molar-refractivity contribution >= 4 is 75.2 Å². The molecule has 6 atom stereocenters. The van der Waals surface area contributed by atoms with Gasteiger partial charge in [0.25, 0.3) is 17.2 Å². The lowest BCUT2D eigenvalue weighted by Crippen LogP contribution is -2.34. The third-order valence-electron chi connectivity index (χ3n) is 11.8. The predicted octanol–water partition coefficient (Wildman–Crippen LogP) is 5.74. The molecule has 29 nitrogen and oxygen atoms in total. The van der Waals surface area contributed by atoms with Crippen LogP contribution in [0.25, 0.3) is 33.4 Å². The van der Waals surface area contributed by atoms with Crippen LogP contribution in [0.2, 0.25) is 10.0 Å². The first-order chi connectivity index (χ1) is 37.4. The number of aromatic carboxylic acids is 1. The molecular weight excluding hydrogens is 1170 g/mol. The van der Waals surface area contributed by atoms with E-state index in [-0.39, 0.29) is 84.3 Å². The second-order valence-corrected chi connectivity index (χ2v) is 22.6. The van der Waals surface area contributed by atoms with Crippen LogP contribution in [0, 0.1) is 27.9 Å². The molecule has 1 aromatic heterocycles. The number of aliphatic hydroxyl groups excluding tert-OH is 1. The van der Waals surface area contributed by atoms with Crippen LogP contribution in [0.1, 0.15) is 70.0 Å². The molecule has 0 bridgehead atoms. The Labute approximate surface area is 458 Å². The molecule has 4 aromatic rings. The van der Waals surface area contributed by atoms with E-state index in [1.807, 2.05) is 0 Å². The summed E-state index contributed by atoms with van der Waals surface area (Å²) in [6, 6.07) is 10.1. The summed E-state index contributed by atoms with van der Waals surface area (Å²) in [6.45, 7) is 1.38. The quantitative estimate of drug-likeness (QED) is 0.0145. The molecular formula is C46H43Cl2N4O25P3. The summed E-state index contributed by atoms with van der Waals surface area (Å²) < 4.78 is 75.6. The zero-order valence-electron chi connectivity index (χ0n) is 41.4. The number of nitro groups is 1. The number of carbonyl (C=O) groups excluding carboxylic acids is 1. The number of nitro benzene ring substituents is 1. The maximum absolute atomic E-state index is 13.7. The van der Waals surface area contributed by atoms with Crippen LogP contribution in [0.15, 0.2) is 73.5 Å². The SMILES string of the molecule is COc1cc2c(-c3cc(C(=O)NCC#Cc4ccc(C(OCc5cn([C@@H]6C[C@H](O)[C@@H](COP(=O)(O)OP(=O)(O)OP(=O)(O)O)O6)c(=O)[nH]c5=O)C(C)C)c([N+](=O)[O-])c4)ccc3C(=O)O)c3cc(OC)c(=O)c(Cl)c-3oc2c(Cl)c1O. The molecule has 2 aliphatic heterocycles. The number of aromatic hydroxyl groups is 1. The number of aromatic amines is 1. The zero-order valence-corrected chi connectivity index (χ0v) is 45.6. The Morgan fingerprint density at radius 1 is 0.963 bits per heavy atom. The topological polar surface area (TPSA) is 432 Å². The van der Waals surface area contributed by atoms with Gasteiger partial charge in [0.05, 0.1) is 67.8 Å². The number of phenolic OH excluding ortho intramolecular Hbond substituents is 1. The van der Waals surface area contributed by atoms with Crippen LogP contribution in [0.4, 0.5) is 5.69 Å². The molecule has 0 saturated carbocycles. The number of benzene rings is 4. The molecule has 3 aliphatic rings. The number of aliphatic hydroxyl groups is 1. The number of methoxy groups -OCH3 is 2. The van der Waals surface area contributed by atoms with Crippen LogP contribution in [0.3, 0.4) is 0 Å². The fourth-order valence-corrected chi connectivity index (χ4v) is 11.7. The number of aromatic nitrogens is 2. The van der Waals surface area contributed by atoms with Crippen molar-refractivity contribution in [2.45, 2.75) is 51.4 Å². The van der Waals surface area contributed by atoms with Crippen LogP contribution in [-0.4, -0.2) is 101 Å². The van der Waals surface area contributed by atoms with Crippen LogP contribution >= 0.6 is 46.7 Å². The highest BCUT2D eigenvalue weighted by atomic mass is 35.5. The van der Waals surface area contributed by atoms with Gasteiger partial charge in [-0.25, -0.2) is 23.3 Å². The van der Waals surface area contributed by atoms with E-state index in [9.17, 15) is 72.9 Å². The first kappa shape index (κ1) is 60.8. The number of nitrogens with zero attached hydrogens (tertiary/aromatic N) is 2. The Kier molecular flexibility index (Phi) is 18.3. The summed E-state index contributed by atoms with van der Waals surface area (Å²) >= 11 is 13.0. The van der Waals surface area contributed by atoms with Gasteiger partial charge in [0.1, 0.15) is 22.4 Å². The molecule has 3 aromatic carbocycles. The third-order valence-corrected chi connectivity index (χ3v) is 16.3. The maximum atomic E-state index is 13.7. The molecule has 80 heavy (non-hydrogen) atoms. The Bertz CT molecular complexity index is 3850. The number of ether oxygens (including phenoxy) is 4. The summed E-state index contributed by atoms with van der Waals surface area (Å²) in [7, 11) is -14.7. The van der Waals surface area contributed by atoms with Gasteiger partial charge in [0.15, 0.2) is 28.6 Å². The number of hydrogen-bond acceptors (Lipinski definition) is 20. The number of carboxylic acids is 1. The minimum Gasteiger partial charge on any atom is -0.503 e. The predicted molar refractivity (Wildman–Crippen MR) is 277 cm³/mol. The Morgan fingerprint density at radius 2 is 1.66 bits per heavy atom. The summed E-state index contributed by atoms with van der Waals surface area (Å²) in [4.78, 5) is 116. The van der Waals surface area contributed by atoms with Gasteiger partial charge in [0, 0.05) is 46.3 Å². The first-order valence-electron chi connectivity index (χ1n) is 22.7. The van der Waals surface area contributed by atoms with E-state index in [1.165, 1.54) is 50.6 Å². The van der Waals surface area contributed by atoms with Crippen LogP contribution in [-0.2, 0) is 42.9 Å². The van der Waals surface area contributed by atoms with Gasteiger partial charge in [-0.15, -0.1) is 0 Å². The molecule has 9 N–H and O–H groups in total. The second kappa shape index (κ2) is 24.1. The Balaban J connectivity index is 1.08. The highest BCUT2D eigenvalue weighted by Crippen LogP contribution is 2.66. The van der Waals surface area contributed by atoms with E-state index < -0.39 is 123 Å². The van der Waals surface area contributed by atoms with Gasteiger partial charge in [0.2, 0.25) is 5.43 Å². The highest BCUT2D eigenvalue weighted by Gasteiger charge is 2.43. The number of phenols is 1. The molecule has 426 valence electrons. The average molecular weight is 1220 g/mol. The molecule has 7 rings (SSSR count). The number of nitrogens with one attached hydrogen (secondary N) is 2. The Morgan fingerprint density at radius 3 is 2.30 bits per heavy atom. The van der Waals surface area contributed by atoms with Gasteiger partial charge in [-0.2, -0.15) is 8.62 Å². The smallest absolute Gasteiger partial charge is 0.490 e. The van der Waals surface area contributed by atoms with Gasteiger partial charge < -0.3 is 63.6 Å². The monoisotopic (exact) mass is 1210 g/mol. The van der Waals surface area contributed by atoms with Crippen LogP contribution in [0.5, 0.6) is 17.2 Å². The van der Waals surface area contributed by atoms with Crippen molar-refractivity contribution in [3.05, 3.63) is 134 Å². The summed E-state index contributed by atoms with van der Waals surface area (Å²) in [6.07, 6.45) is -4.92. The van der Waals surface area contributed by atoms with Crippen molar-refractivity contribution in [3.63, 3.8) is 0 Å². The number of amides is 1. The number of phosphoric ester groups is 1. The summed E-state index contributed by atoms with van der Waals surface area (Å²) in [5.41, 5.74) is -3.88. The Hall–Kier alpha value is -6.80. The van der Waals surface area contributed by atoms with E-state index >= 15 is 0 Å². The van der Waals surface area contributed by atoms with Gasteiger partial charge in [-0.1, -0.05) is 48.9 Å². The van der Waals surface area contributed by atoms with Crippen LogP contribution < -0.4 is 31.5 Å². The lowest BCUT2D eigenvalue weighted by molar-refractivity contribution is -0.386. The van der Waals surface area contributed by atoms with Gasteiger partial charge in [-0.05, 0) is 53.9 Å². The normalized spacial score (nSPS) is 17.3. The molecule has 0 spiro atoms. The summed E-state index contributed by atoms with van der Waals surface area (Å²) in [5, 5.41) is 46.0. The minimum atomic E-state index is -5.86. The zero-order chi connectivity index (χ0) is 58.9. The lowest BCUT2D eigenvalue weighted by Gasteiger charge is -2.22. The molecule has 0 radical (unpaired) electrons. The van der Waals surface area contributed by atoms with E-state index in [0.29, 0.717) is 0 Å². The van der Waals surface area contributed by atoms with Crippen molar-refractivity contribution in [2.75, 3.05) is 27.4 Å². The fraction of sp³-hybridized carbons (Fsp3) is 0.283. The first-order valence-corrected chi connectivity index (χ1v) is 28.0. The van der Waals surface area contributed by atoms with Crippen molar-refractivity contribution in [3.8, 4) is 51.5 Å². The average Bonchev–Trinajstić information content (AvgIpc) is 3.74. The molecule has 3 unspecified atom stereocenters. The number of rotatable bonds is 20. The molecule has 1 saturated heterocycles. The molecule has 1 aliphatic carbocycles. The van der Waals surface area contributed by atoms with E-state index in [2.05, 4.69) is 35.3 Å². The summed E-state index contributed by atoms with van der Waals surface area (Å²) in [5.74, 6) is 1.58. The second-order valence-electron chi connectivity index (χ2n) is 17.4. The van der Waals surface area contributed by atoms with E-state index in [1.54, 1.807) is 13.8 Å². The number of carboxylic acid groups (broad SMARTS) is 1. The van der Waals surface area contributed by atoms with Gasteiger partial charge in [-0.3, -0.25) is 38.6 Å².